The van der Waals surface area contributed by atoms with Crippen LogP contribution in [0.15, 0.2) is 47.4 Å². The summed E-state index contributed by atoms with van der Waals surface area (Å²) in [4.78, 5) is 40.2. The van der Waals surface area contributed by atoms with Crippen molar-refractivity contribution in [2.75, 3.05) is 43.8 Å². The van der Waals surface area contributed by atoms with E-state index in [2.05, 4.69) is 5.32 Å². The summed E-state index contributed by atoms with van der Waals surface area (Å²) in [6.45, 7) is 1.83. The predicted octanol–water partition coefficient (Wildman–Crippen LogP) is 1.94. The Hall–Kier alpha value is -2.98. The minimum absolute atomic E-state index is 0.0927. The molecule has 0 bridgehead atoms. The Labute approximate surface area is 182 Å². The van der Waals surface area contributed by atoms with E-state index < -0.39 is 17.5 Å². The lowest BCUT2D eigenvalue weighted by Crippen LogP contribution is -2.50. The van der Waals surface area contributed by atoms with Crippen molar-refractivity contribution in [1.29, 1.82) is 0 Å². The molecule has 1 aliphatic rings. The SMILES string of the molecule is NC(=O)CSc1ccccc1NC(=O)CN1CCN(C(=O)c2ccc(F)c(F)c2)CC1. The van der Waals surface area contributed by atoms with Crippen molar-refractivity contribution in [3.63, 3.8) is 0 Å². The highest BCUT2D eigenvalue weighted by molar-refractivity contribution is 8.00. The van der Waals surface area contributed by atoms with E-state index in [9.17, 15) is 23.2 Å². The van der Waals surface area contributed by atoms with Crippen LogP contribution in [0.4, 0.5) is 14.5 Å². The number of halogens is 2. The Morgan fingerprint density at radius 2 is 1.71 bits per heavy atom. The molecular formula is C21H22F2N4O3S. The monoisotopic (exact) mass is 448 g/mol. The van der Waals surface area contributed by atoms with Crippen LogP contribution in [0.3, 0.4) is 0 Å². The first-order valence-electron chi connectivity index (χ1n) is 9.60. The molecule has 0 aliphatic carbocycles. The summed E-state index contributed by atoms with van der Waals surface area (Å²) in [5, 5.41) is 2.84. The highest BCUT2D eigenvalue weighted by Crippen LogP contribution is 2.26. The molecule has 1 heterocycles. The lowest BCUT2D eigenvalue weighted by Gasteiger charge is -2.34. The number of nitrogens with two attached hydrogens (primary N) is 1. The number of thioether (sulfide) groups is 1. The average Bonchev–Trinajstić information content (AvgIpc) is 2.75. The molecule has 164 valence electrons. The molecule has 0 unspecified atom stereocenters. The Morgan fingerprint density at radius 1 is 1.00 bits per heavy atom. The van der Waals surface area contributed by atoms with E-state index in [0.29, 0.717) is 31.9 Å². The smallest absolute Gasteiger partial charge is 0.254 e. The number of nitrogens with one attached hydrogen (secondary N) is 1. The van der Waals surface area contributed by atoms with Crippen LogP contribution in [0, 0.1) is 11.6 Å². The molecular weight excluding hydrogens is 426 g/mol. The fraction of sp³-hybridized carbons (Fsp3) is 0.286. The molecule has 3 amide bonds. The Bertz CT molecular complexity index is 981. The summed E-state index contributed by atoms with van der Waals surface area (Å²) in [7, 11) is 0. The van der Waals surface area contributed by atoms with Gasteiger partial charge in [0.25, 0.3) is 5.91 Å². The number of anilines is 1. The summed E-state index contributed by atoms with van der Waals surface area (Å²) in [6, 6.07) is 10.2. The van der Waals surface area contributed by atoms with E-state index in [1.807, 2.05) is 11.0 Å². The molecule has 1 aliphatic heterocycles. The number of carbonyl (C=O) groups is 3. The van der Waals surface area contributed by atoms with Crippen molar-refractivity contribution in [3.8, 4) is 0 Å². The maximum atomic E-state index is 13.4. The fourth-order valence-electron chi connectivity index (χ4n) is 3.16. The summed E-state index contributed by atoms with van der Waals surface area (Å²) in [6.07, 6.45) is 0. The van der Waals surface area contributed by atoms with E-state index in [1.165, 1.54) is 17.8 Å². The number of carbonyl (C=O) groups excluding carboxylic acids is 3. The largest absolute Gasteiger partial charge is 0.369 e. The van der Waals surface area contributed by atoms with Crippen molar-refractivity contribution < 1.29 is 23.2 Å². The van der Waals surface area contributed by atoms with Gasteiger partial charge in [-0.25, -0.2) is 8.78 Å². The first-order chi connectivity index (χ1) is 14.8. The number of hydrogen-bond donors (Lipinski definition) is 2. The van der Waals surface area contributed by atoms with Crippen molar-refractivity contribution in [1.82, 2.24) is 9.80 Å². The van der Waals surface area contributed by atoms with Crippen molar-refractivity contribution in [2.45, 2.75) is 4.90 Å². The summed E-state index contributed by atoms with van der Waals surface area (Å²) in [5.74, 6) is -2.98. The van der Waals surface area contributed by atoms with E-state index >= 15 is 0 Å². The highest BCUT2D eigenvalue weighted by atomic mass is 32.2. The van der Waals surface area contributed by atoms with Gasteiger partial charge in [0.05, 0.1) is 18.0 Å². The first-order valence-corrected chi connectivity index (χ1v) is 10.6. The molecule has 7 nitrogen and oxygen atoms in total. The third-order valence-electron chi connectivity index (χ3n) is 4.72. The zero-order chi connectivity index (χ0) is 22.4. The second-order valence-corrected chi connectivity index (χ2v) is 8.01. The maximum absolute atomic E-state index is 13.4. The van der Waals surface area contributed by atoms with Crippen LogP contribution in [0.1, 0.15) is 10.4 Å². The van der Waals surface area contributed by atoms with Crippen LogP contribution in [-0.4, -0.2) is 66.0 Å². The average molecular weight is 448 g/mol. The van der Waals surface area contributed by atoms with Crippen molar-refractivity contribution >= 4 is 35.2 Å². The molecule has 31 heavy (non-hydrogen) atoms. The minimum Gasteiger partial charge on any atom is -0.369 e. The standard InChI is InChI=1S/C21H22F2N4O3S/c22-15-6-5-14(11-16(15)23)21(30)27-9-7-26(8-10-27)12-20(29)25-17-3-1-2-4-18(17)31-13-19(24)28/h1-6,11H,7-10,12-13H2,(H2,24,28)(H,25,29). The molecule has 3 rings (SSSR count). The van der Waals surface area contributed by atoms with Crippen molar-refractivity contribution in [3.05, 3.63) is 59.7 Å². The predicted molar refractivity (Wildman–Crippen MR) is 114 cm³/mol. The number of nitrogens with zero attached hydrogens (tertiary/aromatic N) is 2. The van der Waals surface area contributed by atoms with Gasteiger partial charge in [-0.1, -0.05) is 12.1 Å². The molecule has 0 radical (unpaired) electrons. The van der Waals surface area contributed by atoms with E-state index in [4.69, 9.17) is 5.73 Å². The normalized spacial score (nSPS) is 14.3. The van der Waals surface area contributed by atoms with Gasteiger partial charge in [-0.2, -0.15) is 0 Å². The molecule has 0 spiro atoms. The van der Waals surface area contributed by atoms with Crippen LogP contribution in [-0.2, 0) is 9.59 Å². The van der Waals surface area contributed by atoms with Crippen LogP contribution in [0.25, 0.3) is 0 Å². The summed E-state index contributed by atoms with van der Waals surface area (Å²) in [5.41, 5.74) is 5.88. The fourth-order valence-corrected chi connectivity index (χ4v) is 3.91. The van der Waals surface area contributed by atoms with Crippen LogP contribution in [0.5, 0.6) is 0 Å². The van der Waals surface area contributed by atoms with Gasteiger partial charge in [0, 0.05) is 36.6 Å². The number of hydrogen-bond acceptors (Lipinski definition) is 5. The van der Waals surface area contributed by atoms with Crippen LogP contribution >= 0.6 is 11.8 Å². The number of para-hydroxylation sites is 1. The number of primary amides is 1. The Kier molecular flexibility index (Phi) is 7.59. The van der Waals surface area contributed by atoms with Gasteiger partial charge in [0.15, 0.2) is 11.6 Å². The van der Waals surface area contributed by atoms with E-state index in [1.54, 1.807) is 23.1 Å². The second kappa shape index (κ2) is 10.4. The maximum Gasteiger partial charge on any atom is 0.254 e. The topological polar surface area (TPSA) is 95.7 Å². The van der Waals surface area contributed by atoms with Crippen LogP contribution < -0.4 is 11.1 Å². The lowest BCUT2D eigenvalue weighted by molar-refractivity contribution is -0.117. The van der Waals surface area contributed by atoms with Gasteiger partial charge < -0.3 is 16.0 Å². The molecule has 0 saturated carbocycles. The summed E-state index contributed by atoms with van der Waals surface area (Å²) < 4.78 is 26.5. The van der Waals surface area contributed by atoms with Gasteiger partial charge >= 0.3 is 0 Å². The van der Waals surface area contributed by atoms with Gasteiger partial charge in [-0.15, -0.1) is 11.8 Å². The third kappa shape index (κ3) is 6.25. The van der Waals surface area contributed by atoms with Gasteiger partial charge in [0.2, 0.25) is 11.8 Å². The van der Waals surface area contributed by atoms with Crippen LogP contribution in [0.2, 0.25) is 0 Å². The first kappa shape index (κ1) is 22.7. The van der Waals surface area contributed by atoms with Gasteiger partial charge in [0.1, 0.15) is 0 Å². The number of piperazine rings is 1. The molecule has 0 aromatic heterocycles. The molecule has 1 fully saturated rings. The van der Waals surface area contributed by atoms with Gasteiger partial charge in [-0.3, -0.25) is 19.3 Å². The van der Waals surface area contributed by atoms with E-state index in [0.717, 1.165) is 17.0 Å². The molecule has 1 saturated heterocycles. The summed E-state index contributed by atoms with van der Waals surface area (Å²) >= 11 is 1.25. The lowest BCUT2D eigenvalue weighted by atomic mass is 10.1. The molecule has 10 heteroatoms. The van der Waals surface area contributed by atoms with E-state index in [-0.39, 0.29) is 29.7 Å². The van der Waals surface area contributed by atoms with Crippen molar-refractivity contribution in [2.24, 2.45) is 5.73 Å². The zero-order valence-electron chi connectivity index (χ0n) is 16.6. The molecule has 0 atom stereocenters. The molecule has 2 aromatic rings. The Morgan fingerprint density at radius 3 is 2.39 bits per heavy atom. The second-order valence-electron chi connectivity index (χ2n) is 7.00. The minimum atomic E-state index is -1.06. The highest BCUT2D eigenvalue weighted by Gasteiger charge is 2.24. The number of benzene rings is 2. The quantitative estimate of drug-likeness (QED) is 0.632. The number of rotatable bonds is 7. The van der Waals surface area contributed by atoms with Gasteiger partial charge in [-0.05, 0) is 30.3 Å². The molecule has 3 N–H and O–H groups in total. The zero-order valence-corrected chi connectivity index (χ0v) is 17.5. The third-order valence-corrected chi connectivity index (χ3v) is 5.82. The number of amides is 3. The molecule has 2 aromatic carbocycles. The Balaban J connectivity index is 1.51.